The van der Waals surface area contributed by atoms with Crippen molar-refractivity contribution in [3.63, 3.8) is 0 Å². The van der Waals surface area contributed by atoms with Crippen molar-refractivity contribution in [2.45, 2.75) is 145 Å². The minimum atomic E-state index is -0.927. The maximum atomic E-state index is 13.8. The summed E-state index contributed by atoms with van der Waals surface area (Å²) < 4.78 is 6.15. The number of carbonyl (C=O) groups excluding carboxylic acids is 5. The SMILES string of the molecule is CC[C@H](C)[C@@H]1NC(=O)[C@H](C)NC(=O)[C@H](C)CC(=O)CC[C@H]2CSC(=N2)[C@@H](C)[C@@H](C)C[C@H](C)C[C@@H](C(C)(C)C)OC(=O)[C@H](C)N(C)C1=O. The number of nitrogens with one attached hydrogen (secondary N) is 2. The number of hydrogen-bond acceptors (Lipinski definition) is 8. The van der Waals surface area contributed by atoms with Gasteiger partial charge >= 0.3 is 5.97 Å². The standard InChI is InChI=1S/C36H62N4O6S/c1-13-21(3)30-34(44)40(12)26(8)35(45)46-29(36(9,10)11)17-20(2)16-22(4)24(6)33-38-27(19-47-33)14-15-28(41)18-23(5)31(42)37-25(7)32(43)39-30/h20-27,29-30H,13-19H2,1-12H3,(H,37,42)(H,39,43)/t20-,21-,22-,23+,24-,25-,26-,27-,29-,30-/m0/s1. The van der Waals surface area contributed by atoms with Crippen LogP contribution in [0.25, 0.3) is 0 Å². The third-order valence-electron chi connectivity index (χ3n) is 10.1. The molecule has 2 N–H and O–H groups in total. The number of thioether (sulfide) groups is 1. The van der Waals surface area contributed by atoms with Crippen LogP contribution in [0.15, 0.2) is 4.99 Å². The lowest BCUT2D eigenvalue weighted by atomic mass is 9.80. The quantitative estimate of drug-likeness (QED) is 0.373. The van der Waals surface area contributed by atoms with Crippen LogP contribution in [0.2, 0.25) is 0 Å². The van der Waals surface area contributed by atoms with Crippen LogP contribution in [0.1, 0.15) is 115 Å². The molecule has 0 aromatic rings. The summed E-state index contributed by atoms with van der Waals surface area (Å²) in [6.45, 7) is 21.5. The second kappa shape index (κ2) is 17.8. The Morgan fingerprint density at radius 1 is 0.979 bits per heavy atom. The number of Topliss-reactive ketones (excluding diaryl/α,β-unsaturated/α-hetero) is 1. The predicted octanol–water partition coefficient (Wildman–Crippen LogP) is 5.42. The van der Waals surface area contributed by atoms with E-state index in [2.05, 4.69) is 52.2 Å². The zero-order valence-corrected chi connectivity index (χ0v) is 31.8. The number of likely N-dealkylation sites (N-methyl/N-ethyl adjacent to an activating group) is 1. The van der Waals surface area contributed by atoms with Gasteiger partial charge in [0.05, 0.1) is 11.1 Å². The van der Waals surface area contributed by atoms with Gasteiger partial charge in [-0.1, -0.05) is 68.7 Å². The number of amides is 3. The summed E-state index contributed by atoms with van der Waals surface area (Å²) in [5.74, 6) is -0.862. The lowest BCUT2D eigenvalue weighted by molar-refractivity contribution is -0.164. The van der Waals surface area contributed by atoms with Crippen molar-refractivity contribution in [3.05, 3.63) is 0 Å². The molecule has 11 heteroatoms. The number of hydrogen-bond donors (Lipinski definition) is 2. The molecular formula is C36H62N4O6S. The molecule has 0 spiro atoms. The Hall–Kier alpha value is -2.43. The topological polar surface area (TPSA) is 134 Å². The maximum Gasteiger partial charge on any atom is 0.328 e. The van der Waals surface area contributed by atoms with Gasteiger partial charge in [-0.25, -0.2) is 4.79 Å². The molecule has 2 aliphatic heterocycles. The van der Waals surface area contributed by atoms with E-state index in [1.807, 2.05) is 13.8 Å². The van der Waals surface area contributed by atoms with Gasteiger partial charge < -0.3 is 20.3 Å². The fraction of sp³-hybridized carbons (Fsp3) is 0.833. The first kappa shape index (κ1) is 40.7. The summed E-state index contributed by atoms with van der Waals surface area (Å²) in [6, 6.07) is -2.62. The van der Waals surface area contributed by atoms with Crippen molar-refractivity contribution in [2.75, 3.05) is 12.8 Å². The first-order chi connectivity index (χ1) is 21.8. The van der Waals surface area contributed by atoms with E-state index >= 15 is 0 Å². The Balaban J connectivity index is 2.37. The molecule has 3 amide bonds. The number of nitrogens with zero attached hydrogens (tertiary/aromatic N) is 2. The Bertz CT molecular complexity index is 1150. The number of carbonyl (C=O) groups is 5. The number of rotatable bonds is 2. The highest BCUT2D eigenvalue weighted by Gasteiger charge is 2.37. The molecular weight excluding hydrogens is 616 g/mol. The highest BCUT2D eigenvalue weighted by molar-refractivity contribution is 8.14. The van der Waals surface area contributed by atoms with Crippen LogP contribution in [0.5, 0.6) is 0 Å². The molecule has 0 saturated heterocycles. The molecule has 0 aliphatic carbocycles. The van der Waals surface area contributed by atoms with Gasteiger partial charge in [0, 0.05) is 37.5 Å². The highest BCUT2D eigenvalue weighted by Crippen LogP contribution is 2.35. The number of ether oxygens (including phenoxy) is 1. The van der Waals surface area contributed by atoms with Crippen LogP contribution in [0.4, 0.5) is 0 Å². The number of aliphatic imine (C=N–C) groups is 1. The average molecular weight is 679 g/mol. The summed E-state index contributed by atoms with van der Waals surface area (Å²) in [5.41, 5.74) is -0.313. The van der Waals surface area contributed by atoms with Crippen molar-refractivity contribution in [1.82, 2.24) is 15.5 Å². The van der Waals surface area contributed by atoms with E-state index in [0.717, 1.165) is 17.2 Å². The van der Waals surface area contributed by atoms with E-state index in [9.17, 15) is 24.0 Å². The molecule has 2 aliphatic rings. The van der Waals surface area contributed by atoms with Gasteiger partial charge in [0.2, 0.25) is 17.7 Å². The van der Waals surface area contributed by atoms with Crippen LogP contribution in [-0.4, -0.2) is 82.5 Å². The summed E-state index contributed by atoms with van der Waals surface area (Å²) in [6.07, 6.45) is 2.97. The first-order valence-electron chi connectivity index (χ1n) is 17.6. The Labute approximate surface area is 287 Å². The van der Waals surface area contributed by atoms with Crippen molar-refractivity contribution in [2.24, 2.45) is 40.0 Å². The Morgan fingerprint density at radius 3 is 2.21 bits per heavy atom. The molecule has 2 heterocycles. The van der Waals surface area contributed by atoms with E-state index in [1.54, 1.807) is 39.6 Å². The van der Waals surface area contributed by atoms with E-state index in [-0.39, 0.29) is 47.5 Å². The largest absolute Gasteiger partial charge is 0.460 e. The zero-order valence-electron chi connectivity index (χ0n) is 31.0. The molecule has 2 bridgehead atoms. The molecule has 0 saturated carbocycles. The molecule has 0 aromatic heterocycles. The minimum absolute atomic E-state index is 0.00363. The molecule has 47 heavy (non-hydrogen) atoms. The number of ketones is 1. The van der Waals surface area contributed by atoms with Crippen LogP contribution < -0.4 is 10.6 Å². The monoisotopic (exact) mass is 678 g/mol. The Morgan fingerprint density at radius 2 is 1.62 bits per heavy atom. The molecule has 0 fully saturated rings. The van der Waals surface area contributed by atoms with E-state index in [4.69, 9.17) is 9.73 Å². The average Bonchev–Trinajstić information content (AvgIpc) is 3.48. The normalized spacial score (nSPS) is 34.4. The second-order valence-electron chi connectivity index (χ2n) is 15.5. The smallest absolute Gasteiger partial charge is 0.328 e. The molecule has 10 nitrogen and oxygen atoms in total. The third-order valence-corrected chi connectivity index (χ3v) is 11.5. The van der Waals surface area contributed by atoms with Gasteiger partial charge in [-0.3, -0.25) is 24.2 Å². The second-order valence-corrected chi connectivity index (χ2v) is 16.5. The minimum Gasteiger partial charge on any atom is -0.460 e. The third kappa shape index (κ3) is 11.9. The molecule has 0 radical (unpaired) electrons. The Kier molecular flexibility index (Phi) is 15.4. The molecule has 10 atom stereocenters. The van der Waals surface area contributed by atoms with Crippen molar-refractivity contribution in [1.29, 1.82) is 0 Å². The summed E-state index contributed by atoms with van der Waals surface area (Å²) in [4.78, 5) is 72.6. The number of cyclic esters (lactones) is 1. The fourth-order valence-electron chi connectivity index (χ4n) is 6.01. The summed E-state index contributed by atoms with van der Waals surface area (Å²) in [7, 11) is 1.55. The number of fused-ring (bicyclic) bond motifs is 1. The predicted molar refractivity (Wildman–Crippen MR) is 189 cm³/mol. The maximum absolute atomic E-state index is 13.8. The van der Waals surface area contributed by atoms with Crippen molar-refractivity contribution < 1.29 is 28.7 Å². The van der Waals surface area contributed by atoms with Crippen molar-refractivity contribution >= 4 is 46.3 Å². The van der Waals surface area contributed by atoms with Gasteiger partial charge in [0.15, 0.2) is 0 Å². The summed E-state index contributed by atoms with van der Waals surface area (Å²) in [5, 5.41) is 6.65. The van der Waals surface area contributed by atoms with Crippen molar-refractivity contribution in [3.8, 4) is 0 Å². The lowest BCUT2D eigenvalue weighted by Crippen LogP contribution is -2.57. The summed E-state index contributed by atoms with van der Waals surface area (Å²) >= 11 is 1.77. The van der Waals surface area contributed by atoms with Gasteiger partial charge in [-0.2, -0.15) is 0 Å². The van der Waals surface area contributed by atoms with E-state index < -0.39 is 47.7 Å². The highest BCUT2D eigenvalue weighted by atomic mass is 32.2. The lowest BCUT2D eigenvalue weighted by Gasteiger charge is -2.36. The fourth-order valence-corrected chi connectivity index (χ4v) is 7.33. The number of esters is 1. The first-order valence-corrected chi connectivity index (χ1v) is 18.5. The van der Waals surface area contributed by atoms with Gasteiger partial charge in [0.25, 0.3) is 0 Å². The van der Waals surface area contributed by atoms with Crippen LogP contribution in [0, 0.1) is 35.0 Å². The van der Waals surface area contributed by atoms with Crippen LogP contribution in [0.3, 0.4) is 0 Å². The van der Waals surface area contributed by atoms with Crippen LogP contribution >= 0.6 is 11.8 Å². The molecule has 0 unspecified atom stereocenters. The van der Waals surface area contributed by atoms with Gasteiger partial charge in [-0.15, -0.1) is 11.8 Å². The molecule has 268 valence electrons. The van der Waals surface area contributed by atoms with Crippen LogP contribution in [-0.2, 0) is 28.7 Å². The van der Waals surface area contributed by atoms with E-state index in [1.165, 1.54) is 4.90 Å². The van der Waals surface area contributed by atoms with Gasteiger partial charge in [-0.05, 0) is 56.3 Å². The van der Waals surface area contributed by atoms with Gasteiger partial charge in [0.1, 0.15) is 30.0 Å². The molecule has 0 aromatic carbocycles. The van der Waals surface area contributed by atoms with E-state index in [0.29, 0.717) is 31.6 Å². The zero-order chi connectivity index (χ0) is 35.8. The molecule has 2 rings (SSSR count).